The molecule has 5 nitrogen and oxygen atoms in total. The van der Waals surface area contributed by atoms with E-state index in [0.29, 0.717) is 5.02 Å². The topological polar surface area (TPSA) is 83.8 Å². The molecule has 2 N–H and O–H groups in total. The molecule has 1 aromatic rings. The second kappa shape index (κ2) is 5.05. The summed E-state index contributed by atoms with van der Waals surface area (Å²) in [5.41, 5.74) is -2.00. The highest BCUT2D eigenvalue weighted by Crippen LogP contribution is 2.26. The number of carboxylic acid groups (broad SMARTS) is 2. The Morgan fingerprint density at radius 2 is 1.82 bits per heavy atom. The maximum absolute atomic E-state index is 10.9. The van der Waals surface area contributed by atoms with E-state index in [0.717, 1.165) is 6.92 Å². The van der Waals surface area contributed by atoms with Crippen molar-refractivity contribution in [1.29, 1.82) is 0 Å². The zero-order valence-corrected chi connectivity index (χ0v) is 9.77. The number of ether oxygens (including phenoxy) is 1. The fourth-order valence-corrected chi connectivity index (χ4v) is 1.19. The Balaban J connectivity index is 2.82. The SMILES string of the molecule is CC(COc1ccccc1Cl)(C(=O)O)C(=O)O. The van der Waals surface area contributed by atoms with Crippen molar-refractivity contribution in [3.05, 3.63) is 29.3 Å². The molecule has 17 heavy (non-hydrogen) atoms. The molecule has 0 aliphatic rings. The van der Waals surface area contributed by atoms with Crippen LogP contribution in [0.15, 0.2) is 24.3 Å². The molecular weight excluding hydrogens is 248 g/mol. The van der Waals surface area contributed by atoms with Crippen LogP contribution in [0.5, 0.6) is 5.75 Å². The number of hydrogen-bond donors (Lipinski definition) is 2. The monoisotopic (exact) mass is 258 g/mol. The van der Waals surface area contributed by atoms with E-state index in [2.05, 4.69) is 0 Å². The van der Waals surface area contributed by atoms with Crippen LogP contribution in [-0.4, -0.2) is 28.8 Å². The predicted octanol–water partition coefficient (Wildman–Crippen LogP) is 1.89. The van der Waals surface area contributed by atoms with E-state index in [1.54, 1.807) is 18.2 Å². The summed E-state index contributed by atoms with van der Waals surface area (Å²) in [4.78, 5) is 21.8. The van der Waals surface area contributed by atoms with Crippen molar-refractivity contribution in [2.24, 2.45) is 5.41 Å². The first-order valence-electron chi connectivity index (χ1n) is 4.72. The molecule has 0 aromatic heterocycles. The Labute approximate surface area is 103 Å². The van der Waals surface area contributed by atoms with Crippen LogP contribution in [0.3, 0.4) is 0 Å². The largest absolute Gasteiger partial charge is 0.490 e. The van der Waals surface area contributed by atoms with Crippen LogP contribution in [0.25, 0.3) is 0 Å². The zero-order chi connectivity index (χ0) is 13.1. The van der Waals surface area contributed by atoms with Crippen molar-refractivity contribution >= 4 is 23.5 Å². The van der Waals surface area contributed by atoms with Crippen LogP contribution in [0.2, 0.25) is 5.02 Å². The van der Waals surface area contributed by atoms with Crippen LogP contribution in [-0.2, 0) is 9.59 Å². The Hall–Kier alpha value is -1.75. The lowest BCUT2D eigenvalue weighted by Gasteiger charge is -2.20. The minimum atomic E-state index is -2.00. The molecule has 0 saturated carbocycles. The van der Waals surface area contributed by atoms with Crippen LogP contribution < -0.4 is 4.74 Å². The van der Waals surface area contributed by atoms with Crippen molar-refractivity contribution in [3.8, 4) is 5.75 Å². The maximum Gasteiger partial charge on any atom is 0.324 e. The highest BCUT2D eigenvalue weighted by atomic mass is 35.5. The molecule has 0 spiro atoms. The van der Waals surface area contributed by atoms with Gasteiger partial charge >= 0.3 is 11.9 Å². The van der Waals surface area contributed by atoms with Gasteiger partial charge in [-0.2, -0.15) is 0 Å². The molecule has 0 radical (unpaired) electrons. The number of halogens is 1. The highest BCUT2D eigenvalue weighted by Gasteiger charge is 2.42. The van der Waals surface area contributed by atoms with Gasteiger partial charge in [0.2, 0.25) is 0 Å². The van der Waals surface area contributed by atoms with Gasteiger partial charge in [0.25, 0.3) is 0 Å². The Morgan fingerprint density at radius 3 is 2.29 bits per heavy atom. The lowest BCUT2D eigenvalue weighted by Crippen LogP contribution is -2.41. The third kappa shape index (κ3) is 2.88. The molecule has 0 aliphatic carbocycles. The van der Waals surface area contributed by atoms with E-state index in [1.807, 2.05) is 0 Å². The summed E-state index contributed by atoms with van der Waals surface area (Å²) in [5.74, 6) is -2.67. The van der Waals surface area contributed by atoms with Crippen molar-refractivity contribution in [2.45, 2.75) is 6.92 Å². The van der Waals surface area contributed by atoms with Gasteiger partial charge in [-0.05, 0) is 19.1 Å². The number of rotatable bonds is 5. The first-order chi connectivity index (χ1) is 7.88. The van der Waals surface area contributed by atoms with Gasteiger partial charge in [0.05, 0.1) is 5.02 Å². The average molecular weight is 259 g/mol. The van der Waals surface area contributed by atoms with Gasteiger partial charge in [0, 0.05) is 0 Å². The van der Waals surface area contributed by atoms with Crippen LogP contribution in [0.4, 0.5) is 0 Å². The fourth-order valence-electron chi connectivity index (χ4n) is 0.999. The summed E-state index contributed by atoms with van der Waals surface area (Å²) in [6.45, 7) is 0.579. The van der Waals surface area contributed by atoms with E-state index >= 15 is 0 Å². The van der Waals surface area contributed by atoms with E-state index in [4.69, 9.17) is 26.6 Å². The smallest absolute Gasteiger partial charge is 0.324 e. The minimum Gasteiger partial charge on any atom is -0.490 e. The maximum atomic E-state index is 10.9. The number of benzene rings is 1. The van der Waals surface area contributed by atoms with Gasteiger partial charge in [-0.1, -0.05) is 23.7 Å². The molecular formula is C11H11ClO5. The summed E-state index contributed by atoms with van der Waals surface area (Å²) >= 11 is 5.79. The second-order valence-corrected chi connectivity index (χ2v) is 4.07. The Kier molecular flexibility index (Phi) is 3.96. The van der Waals surface area contributed by atoms with Gasteiger partial charge in [-0.25, -0.2) is 0 Å². The summed E-state index contributed by atoms with van der Waals surface area (Å²) in [5, 5.41) is 18.0. The Bertz CT molecular complexity index is 429. The van der Waals surface area contributed by atoms with Gasteiger partial charge in [0.1, 0.15) is 12.4 Å². The third-order valence-corrected chi connectivity index (χ3v) is 2.61. The first kappa shape index (κ1) is 13.3. The van der Waals surface area contributed by atoms with Crippen molar-refractivity contribution in [3.63, 3.8) is 0 Å². The van der Waals surface area contributed by atoms with Gasteiger partial charge in [0.15, 0.2) is 5.41 Å². The molecule has 0 unspecified atom stereocenters. The summed E-state index contributed by atoms with van der Waals surface area (Å²) in [7, 11) is 0. The standard InChI is InChI=1S/C11H11ClO5/c1-11(9(13)14,10(15)16)6-17-8-5-3-2-4-7(8)12/h2-5H,6H2,1H3,(H,13,14)(H,15,16). The molecule has 0 fully saturated rings. The van der Waals surface area contributed by atoms with Crippen LogP contribution >= 0.6 is 11.6 Å². The van der Waals surface area contributed by atoms with Crippen LogP contribution in [0.1, 0.15) is 6.92 Å². The quantitative estimate of drug-likeness (QED) is 0.788. The van der Waals surface area contributed by atoms with Gasteiger partial charge in [-0.15, -0.1) is 0 Å². The molecule has 92 valence electrons. The zero-order valence-electron chi connectivity index (χ0n) is 9.01. The molecule has 0 atom stereocenters. The Morgan fingerprint density at radius 1 is 1.29 bits per heavy atom. The second-order valence-electron chi connectivity index (χ2n) is 3.66. The highest BCUT2D eigenvalue weighted by molar-refractivity contribution is 6.32. The van der Waals surface area contributed by atoms with Gasteiger partial charge < -0.3 is 14.9 Å². The van der Waals surface area contributed by atoms with E-state index in [9.17, 15) is 9.59 Å². The normalized spacial score (nSPS) is 10.9. The molecule has 0 bridgehead atoms. The third-order valence-electron chi connectivity index (χ3n) is 2.30. The van der Waals surface area contributed by atoms with Crippen molar-refractivity contribution in [2.75, 3.05) is 6.61 Å². The summed E-state index contributed by atoms with van der Waals surface area (Å²) in [6.07, 6.45) is 0. The molecule has 0 amide bonds. The number of carbonyl (C=O) groups is 2. The predicted molar refractivity (Wildman–Crippen MR) is 60.3 cm³/mol. The molecule has 1 aromatic carbocycles. The van der Waals surface area contributed by atoms with Crippen LogP contribution in [0, 0.1) is 5.41 Å². The lowest BCUT2D eigenvalue weighted by atomic mass is 9.92. The minimum absolute atomic E-state index is 0.253. The molecule has 6 heteroatoms. The number of carboxylic acids is 2. The van der Waals surface area contributed by atoms with Crippen molar-refractivity contribution in [1.82, 2.24) is 0 Å². The van der Waals surface area contributed by atoms with E-state index in [1.165, 1.54) is 6.07 Å². The summed E-state index contributed by atoms with van der Waals surface area (Å²) < 4.78 is 5.13. The summed E-state index contributed by atoms with van der Waals surface area (Å²) in [6, 6.07) is 6.44. The molecule has 0 heterocycles. The van der Waals surface area contributed by atoms with Crippen molar-refractivity contribution < 1.29 is 24.5 Å². The van der Waals surface area contributed by atoms with E-state index in [-0.39, 0.29) is 5.75 Å². The first-order valence-corrected chi connectivity index (χ1v) is 5.10. The van der Waals surface area contributed by atoms with E-state index < -0.39 is 24.0 Å². The molecule has 0 aliphatic heterocycles. The number of aliphatic carboxylic acids is 2. The number of hydrogen-bond acceptors (Lipinski definition) is 3. The molecule has 0 saturated heterocycles. The number of para-hydroxylation sites is 1. The lowest BCUT2D eigenvalue weighted by molar-refractivity contribution is -0.165. The molecule has 1 rings (SSSR count). The van der Waals surface area contributed by atoms with Gasteiger partial charge in [-0.3, -0.25) is 9.59 Å². The average Bonchev–Trinajstić information content (AvgIpc) is 2.27. The fraction of sp³-hybridized carbons (Fsp3) is 0.273.